The Morgan fingerprint density at radius 3 is 2.43 bits per heavy atom. The van der Waals surface area contributed by atoms with Gasteiger partial charge in [0.2, 0.25) is 0 Å². The molecule has 1 heterocycles. The van der Waals surface area contributed by atoms with Crippen molar-refractivity contribution in [2.24, 2.45) is 0 Å². The van der Waals surface area contributed by atoms with E-state index in [2.05, 4.69) is 10.0 Å². The van der Waals surface area contributed by atoms with Gasteiger partial charge in [-0.25, -0.2) is 13.2 Å². The lowest BCUT2D eigenvalue weighted by Gasteiger charge is -2.19. The molecule has 2 N–H and O–H groups in total. The summed E-state index contributed by atoms with van der Waals surface area (Å²) in [5.74, 6) is 0. The molecule has 0 spiro atoms. The van der Waals surface area contributed by atoms with Gasteiger partial charge in [-0.15, -0.1) is 0 Å². The van der Waals surface area contributed by atoms with Crippen LogP contribution in [-0.4, -0.2) is 27.5 Å². The van der Waals surface area contributed by atoms with Crippen molar-refractivity contribution >= 4 is 27.4 Å². The summed E-state index contributed by atoms with van der Waals surface area (Å²) in [6, 6.07) is 13.2. The first kappa shape index (κ1) is 15.4. The first-order chi connectivity index (χ1) is 11.0. The molecule has 3 rings (SSSR count). The maximum atomic E-state index is 12.5. The number of hydrogen-bond acceptors (Lipinski definition) is 3. The largest absolute Gasteiger partial charge is 0.336 e. The van der Waals surface area contributed by atoms with Gasteiger partial charge >= 0.3 is 6.03 Å². The zero-order chi connectivity index (χ0) is 16.4. The van der Waals surface area contributed by atoms with Crippen LogP contribution in [0.1, 0.15) is 5.56 Å². The van der Waals surface area contributed by atoms with Crippen molar-refractivity contribution in [3.8, 4) is 0 Å². The number of amides is 2. The summed E-state index contributed by atoms with van der Waals surface area (Å²) in [7, 11) is -3.71. The molecule has 120 valence electrons. The number of sulfonamides is 1. The van der Waals surface area contributed by atoms with E-state index in [1.54, 1.807) is 48.5 Å². The van der Waals surface area contributed by atoms with E-state index < -0.39 is 10.0 Å². The Balaban J connectivity index is 1.94. The average Bonchev–Trinajstić information content (AvgIpc) is 2.94. The second-order valence-corrected chi connectivity index (χ2v) is 7.00. The van der Waals surface area contributed by atoms with E-state index in [4.69, 9.17) is 0 Å². The Bertz CT molecular complexity index is 832. The third-order valence-corrected chi connectivity index (χ3v) is 5.01. The third kappa shape index (κ3) is 3.14. The van der Waals surface area contributed by atoms with Crippen LogP contribution < -0.4 is 14.9 Å². The SMILES string of the molecule is Cc1ccc(S(=O)(=O)Nc2ccccc2N2CCNC2=O)cc1. The van der Waals surface area contributed by atoms with Gasteiger partial charge in [0.15, 0.2) is 0 Å². The maximum Gasteiger partial charge on any atom is 0.322 e. The van der Waals surface area contributed by atoms with E-state index in [1.165, 1.54) is 4.90 Å². The minimum absolute atomic E-state index is 0.184. The number of nitrogens with one attached hydrogen (secondary N) is 2. The lowest BCUT2D eigenvalue weighted by Crippen LogP contribution is -2.28. The van der Waals surface area contributed by atoms with E-state index >= 15 is 0 Å². The Hall–Kier alpha value is -2.54. The highest BCUT2D eigenvalue weighted by Gasteiger charge is 2.25. The van der Waals surface area contributed by atoms with Crippen molar-refractivity contribution in [3.05, 3.63) is 54.1 Å². The topological polar surface area (TPSA) is 78.5 Å². The number of hydrogen-bond donors (Lipinski definition) is 2. The normalized spacial score (nSPS) is 14.7. The van der Waals surface area contributed by atoms with Crippen LogP contribution in [0.3, 0.4) is 0 Å². The molecule has 0 saturated carbocycles. The molecule has 2 amide bonds. The molecule has 0 bridgehead atoms. The van der Waals surface area contributed by atoms with Gasteiger partial charge < -0.3 is 5.32 Å². The van der Waals surface area contributed by atoms with Crippen molar-refractivity contribution < 1.29 is 13.2 Å². The first-order valence-electron chi connectivity index (χ1n) is 7.21. The second kappa shape index (κ2) is 5.92. The fourth-order valence-corrected chi connectivity index (χ4v) is 3.49. The molecule has 7 heteroatoms. The highest BCUT2D eigenvalue weighted by Crippen LogP contribution is 2.29. The van der Waals surface area contributed by atoms with Crippen molar-refractivity contribution in [1.29, 1.82) is 0 Å². The quantitative estimate of drug-likeness (QED) is 0.902. The summed E-state index contributed by atoms with van der Waals surface area (Å²) < 4.78 is 27.6. The minimum atomic E-state index is -3.71. The third-order valence-electron chi connectivity index (χ3n) is 3.63. The number of carbonyl (C=O) groups excluding carboxylic acids is 1. The lowest BCUT2D eigenvalue weighted by atomic mass is 10.2. The second-order valence-electron chi connectivity index (χ2n) is 5.32. The molecule has 1 aliphatic heterocycles. The van der Waals surface area contributed by atoms with E-state index in [0.29, 0.717) is 24.5 Å². The van der Waals surface area contributed by atoms with Crippen molar-refractivity contribution in [3.63, 3.8) is 0 Å². The number of urea groups is 1. The number of carbonyl (C=O) groups is 1. The molecule has 2 aromatic rings. The van der Waals surface area contributed by atoms with Gasteiger partial charge in [0.1, 0.15) is 0 Å². The summed E-state index contributed by atoms with van der Waals surface area (Å²) in [5, 5.41) is 2.71. The molecule has 1 fully saturated rings. The average molecular weight is 331 g/mol. The van der Waals surface area contributed by atoms with Crippen LogP contribution in [0.15, 0.2) is 53.4 Å². The molecule has 1 aliphatic rings. The lowest BCUT2D eigenvalue weighted by molar-refractivity contribution is 0.252. The summed E-state index contributed by atoms with van der Waals surface area (Å²) in [4.78, 5) is 13.5. The monoisotopic (exact) mass is 331 g/mol. The van der Waals surface area contributed by atoms with Crippen molar-refractivity contribution in [2.45, 2.75) is 11.8 Å². The van der Waals surface area contributed by atoms with E-state index in [1.807, 2.05) is 6.92 Å². The Morgan fingerprint density at radius 2 is 1.78 bits per heavy atom. The van der Waals surface area contributed by atoms with Crippen LogP contribution in [0.25, 0.3) is 0 Å². The molecule has 0 unspecified atom stereocenters. The fourth-order valence-electron chi connectivity index (χ4n) is 2.42. The Kier molecular flexibility index (Phi) is 3.96. The number of nitrogens with zero attached hydrogens (tertiary/aromatic N) is 1. The summed E-state index contributed by atoms with van der Waals surface area (Å²) >= 11 is 0. The predicted octanol–water partition coefficient (Wildman–Crippen LogP) is 2.33. The number of rotatable bonds is 4. The molecular formula is C16H17N3O3S. The summed E-state index contributed by atoms with van der Waals surface area (Å²) in [6.07, 6.45) is 0. The molecule has 0 radical (unpaired) electrons. The molecule has 0 aliphatic carbocycles. The zero-order valence-electron chi connectivity index (χ0n) is 12.6. The molecular weight excluding hydrogens is 314 g/mol. The van der Waals surface area contributed by atoms with Crippen LogP contribution in [0, 0.1) is 6.92 Å². The van der Waals surface area contributed by atoms with Crippen LogP contribution in [0.2, 0.25) is 0 Å². The van der Waals surface area contributed by atoms with Gasteiger partial charge in [0.25, 0.3) is 10.0 Å². The Morgan fingerprint density at radius 1 is 1.09 bits per heavy atom. The van der Waals surface area contributed by atoms with Gasteiger partial charge in [0.05, 0.1) is 16.3 Å². The summed E-state index contributed by atoms with van der Waals surface area (Å²) in [5.41, 5.74) is 1.90. The van der Waals surface area contributed by atoms with E-state index in [9.17, 15) is 13.2 Å². The van der Waals surface area contributed by atoms with Crippen molar-refractivity contribution in [2.75, 3.05) is 22.7 Å². The van der Waals surface area contributed by atoms with Gasteiger partial charge in [-0.1, -0.05) is 29.8 Å². The van der Waals surface area contributed by atoms with Crippen molar-refractivity contribution in [1.82, 2.24) is 5.32 Å². The number of aryl methyl sites for hydroxylation is 1. The standard InChI is InChI=1S/C16H17N3O3S/c1-12-6-8-13(9-7-12)23(21,22)18-14-4-2-3-5-15(14)19-11-10-17-16(19)20/h2-9,18H,10-11H2,1H3,(H,17,20). The van der Waals surface area contributed by atoms with E-state index in [-0.39, 0.29) is 10.9 Å². The number of benzene rings is 2. The van der Waals surface area contributed by atoms with Crippen LogP contribution in [0.4, 0.5) is 16.2 Å². The molecule has 0 aromatic heterocycles. The van der Waals surface area contributed by atoms with Gasteiger partial charge in [0, 0.05) is 13.1 Å². The fraction of sp³-hybridized carbons (Fsp3) is 0.188. The number of para-hydroxylation sites is 2. The van der Waals surface area contributed by atoms with Gasteiger partial charge in [-0.2, -0.15) is 0 Å². The van der Waals surface area contributed by atoms with Gasteiger partial charge in [-0.05, 0) is 31.2 Å². The highest BCUT2D eigenvalue weighted by molar-refractivity contribution is 7.92. The zero-order valence-corrected chi connectivity index (χ0v) is 13.4. The predicted molar refractivity (Wildman–Crippen MR) is 89.2 cm³/mol. The number of anilines is 2. The highest BCUT2D eigenvalue weighted by atomic mass is 32.2. The maximum absolute atomic E-state index is 12.5. The van der Waals surface area contributed by atoms with Crippen LogP contribution in [-0.2, 0) is 10.0 Å². The molecule has 2 aromatic carbocycles. The van der Waals surface area contributed by atoms with Gasteiger partial charge in [-0.3, -0.25) is 9.62 Å². The van der Waals surface area contributed by atoms with E-state index in [0.717, 1.165) is 5.56 Å². The minimum Gasteiger partial charge on any atom is -0.336 e. The smallest absolute Gasteiger partial charge is 0.322 e. The van der Waals surface area contributed by atoms with Crippen LogP contribution in [0.5, 0.6) is 0 Å². The molecule has 0 atom stereocenters. The Labute approximate surface area is 135 Å². The summed E-state index contributed by atoms with van der Waals surface area (Å²) in [6.45, 7) is 2.94. The first-order valence-corrected chi connectivity index (χ1v) is 8.69. The molecule has 1 saturated heterocycles. The molecule has 23 heavy (non-hydrogen) atoms. The van der Waals surface area contributed by atoms with Crippen LogP contribution >= 0.6 is 0 Å². The molecule has 6 nitrogen and oxygen atoms in total.